The Morgan fingerprint density at radius 1 is 1.29 bits per heavy atom. The molecule has 1 amide bonds. The molecule has 0 radical (unpaired) electrons. The lowest BCUT2D eigenvalue weighted by Crippen LogP contribution is -2.42. The molecule has 0 spiro atoms. The molecular formula is C9H7F2NO2. The van der Waals surface area contributed by atoms with Crippen LogP contribution in [-0.4, -0.2) is 18.2 Å². The van der Waals surface area contributed by atoms with Crippen molar-refractivity contribution in [3.05, 3.63) is 35.9 Å². The van der Waals surface area contributed by atoms with Crippen LogP contribution in [0.25, 0.3) is 0 Å². The van der Waals surface area contributed by atoms with Crippen molar-refractivity contribution >= 4 is 12.2 Å². The molecule has 0 atom stereocenters. The molecule has 3 nitrogen and oxygen atoms in total. The van der Waals surface area contributed by atoms with E-state index in [-0.39, 0.29) is 5.56 Å². The molecule has 1 aromatic carbocycles. The number of nitrogens with one attached hydrogen (secondary N) is 1. The summed E-state index contributed by atoms with van der Waals surface area (Å²) < 4.78 is 24.8. The van der Waals surface area contributed by atoms with Gasteiger partial charge in [-0.3, -0.25) is 14.9 Å². The van der Waals surface area contributed by atoms with E-state index in [4.69, 9.17) is 0 Å². The summed E-state index contributed by atoms with van der Waals surface area (Å²) in [5, 5.41) is 1.28. The van der Waals surface area contributed by atoms with E-state index < -0.39 is 18.2 Å². The summed E-state index contributed by atoms with van der Waals surface area (Å²) in [6.45, 7) is 0. The molecule has 1 aromatic rings. The van der Waals surface area contributed by atoms with E-state index in [0.29, 0.717) is 0 Å². The molecule has 0 aliphatic rings. The number of rotatable bonds is 3. The van der Waals surface area contributed by atoms with Gasteiger partial charge in [-0.2, -0.15) is 8.78 Å². The molecule has 0 aliphatic carbocycles. The van der Waals surface area contributed by atoms with Crippen LogP contribution in [0.3, 0.4) is 0 Å². The maximum absolute atomic E-state index is 12.4. The molecule has 0 fully saturated rings. The second-order valence-electron chi connectivity index (χ2n) is 2.56. The van der Waals surface area contributed by atoms with Gasteiger partial charge in [0.1, 0.15) is 0 Å². The molecule has 1 rings (SSSR count). The molecular weight excluding hydrogens is 192 g/mol. The Morgan fingerprint density at radius 2 is 1.86 bits per heavy atom. The Kier molecular flexibility index (Phi) is 2.91. The zero-order chi connectivity index (χ0) is 10.6. The SMILES string of the molecule is O=CC(F)(F)NC(=O)c1ccccc1. The summed E-state index contributed by atoms with van der Waals surface area (Å²) in [5.74, 6) is -0.984. The molecule has 1 N–H and O–H groups in total. The number of amides is 1. The van der Waals surface area contributed by atoms with Gasteiger partial charge in [-0.15, -0.1) is 0 Å². The largest absolute Gasteiger partial charge is 0.382 e. The van der Waals surface area contributed by atoms with Crippen molar-refractivity contribution < 1.29 is 18.4 Å². The average molecular weight is 199 g/mol. The Balaban J connectivity index is 2.74. The Bertz CT molecular complexity index is 338. The van der Waals surface area contributed by atoms with Gasteiger partial charge in [0.2, 0.25) is 6.29 Å². The quantitative estimate of drug-likeness (QED) is 0.587. The van der Waals surface area contributed by atoms with E-state index in [1.165, 1.54) is 29.6 Å². The molecule has 14 heavy (non-hydrogen) atoms. The van der Waals surface area contributed by atoms with Gasteiger partial charge in [-0.05, 0) is 12.1 Å². The number of halogens is 2. The van der Waals surface area contributed by atoms with Gasteiger partial charge in [-0.25, -0.2) is 0 Å². The molecule has 0 heterocycles. The van der Waals surface area contributed by atoms with Crippen LogP contribution < -0.4 is 5.32 Å². The molecule has 0 unspecified atom stereocenters. The fourth-order valence-electron chi connectivity index (χ4n) is 0.843. The maximum Gasteiger partial charge on any atom is 0.382 e. The summed E-state index contributed by atoms with van der Waals surface area (Å²) in [6, 6.07) is 3.65. The van der Waals surface area contributed by atoms with Gasteiger partial charge in [0, 0.05) is 5.56 Å². The number of alkyl halides is 2. The zero-order valence-electron chi connectivity index (χ0n) is 7.04. The smallest absolute Gasteiger partial charge is 0.294 e. The van der Waals surface area contributed by atoms with Crippen molar-refractivity contribution in [2.45, 2.75) is 6.05 Å². The molecule has 0 saturated heterocycles. The summed E-state index contributed by atoms with van der Waals surface area (Å²) in [7, 11) is 0. The summed E-state index contributed by atoms with van der Waals surface area (Å²) in [5.41, 5.74) is 0.0778. The van der Waals surface area contributed by atoms with Crippen LogP contribution in [0.5, 0.6) is 0 Å². The lowest BCUT2D eigenvalue weighted by molar-refractivity contribution is -0.132. The second kappa shape index (κ2) is 3.95. The topological polar surface area (TPSA) is 46.2 Å². The van der Waals surface area contributed by atoms with Crippen molar-refractivity contribution in [3.63, 3.8) is 0 Å². The third-order valence-corrected chi connectivity index (χ3v) is 1.46. The normalized spacial score (nSPS) is 10.7. The first-order valence-corrected chi connectivity index (χ1v) is 3.77. The van der Waals surface area contributed by atoms with Crippen LogP contribution in [0.1, 0.15) is 10.4 Å². The first-order valence-electron chi connectivity index (χ1n) is 3.77. The zero-order valence-corrected chi connectivity index (χ0v) is 7.04. The fourth-order valence-corrected chi connectivity index (χ4v) is 0.843. The van der Waals surface area contributed by atoms with E-state index >= 15 is 0 Å². The van der Waals surface area contributed by atoms with Crippen LogP contribution in [0, 0.1) is 0 Å². The number of carbonyl (C=O) groups is 2. The second-order valence-corrected chi connectivity index (χ2v) is 2.56. The van der Waals surface area contributed by atoms with Crippen LogP contribution >= 0.6 is 0 Å². The third kappa shape index (κ3) is 2.62. The Labute approximate surface area is 78.7 Å². The van der Waals surface area contributed by atoms with Crippen LogP contribution in [0.2, 0.25) is 0 Å². The van der Waals surface area contributed by atoms with Crippen molar-refractivity contribution in [1.82, 2.24) is 5.32 Å². The summed E-state index contributed by atoms with van der Waals surface area (Å²) in [4.78, 5) is 20.9. The summed E-state index contributed by atoms with van der Waals surface area (Å²) >= 11 is 0. The first kappa shape index (κ1) is 10.3. The van der Waals surface area contributed by atoms with E-state index in [1.54, 1.807) is 6.07 Å². The van der Waals surface area contributed by atoms with Gasteiger partial charge in [0.25, 0.3) is 5.91 Å². The van der Waals surface area contributed by atoms with Crippen LogP contribution in [0.4, 0.5) is 8.78 Å². The number of hydrogen-bond donors (Lipinski definition) is 1. The highest BCUT2D eigenvalue weighted by Gasteiger charge is 2.30. The van der Waals surface area contributed by atoms with E-state index in [2.05, 4.69) is 0 Å². The molecule has 0 saturated carbocycles. The predicted molar refractivity (Wildman–Crippen MR) is 44.9 cm³/mol. The minimum absolute atomic E-state index is 0.0778. The lowest BCUT2D eigenvalue weighted by atomic mass is 10.2. The minimum atomic E-state index is -3.81. The summed E-state index contributed by atoms with van der Waals surface area (Å²) in [6.07, 6.45) is -0.617. The Hall–Kier alpha value is -1.78. The third-order valence-electron chi connectivity index (χ3n) is 1.46. The number of aldehydes is 1. The molecule has 5 heteroatoms. The number of carbonyl (C=O) groups excluding carboxylic acids is 2. The van der Waals surface area contributed by atoms with Crippen molar-refractivity contribution in [2.24, 2.45) is 0 Å². The van der Waals surface area contributed by atoms with Gasteiger partial charge in [-0.1, -0.05) is 18.2 Å². The molecule has 74 valence electrons. The molecule has 0 aliphatic heterocycles. The highest BCUT2D eigenvalue weighted by Crippen LogP contribution is 2.07. The fraction of sp³-hybridized carbons (Fsp3) is 0.111. The Morgan fingerprint density at radius 3 is 2.36 bits per heavy atom. The van der Waals surface area contributed by atoms with Crippen molar-refractivity contribution in [3.8, 4) is 0 Å². The van der Waals surface area contributed by atoms with Gasteiger partial charge in [0.15, 0.2) is 0 Å². The first-order chi connectivity index (χ1) is 6.55. The monoisotopic (exact) mass is 199 g/mol. The standard InChI is InChI=1S/C9H7F2NO2/c10-9(11,6-13)12-8(14)7-4-2-1-3-5-7/h1-6H,(H,12,14). The van der Waals surface area contributed by atoms with Crippen molar-refractivity contribution in [1.29, 1.82) is 0 Å². The van der Waals surface area contributed by atoms with E-state index in [1.807, 2.05) is 0 Å². The molecule has 0 bridgehead atoms. The predicted octanol–water partition coefficient (Wildman–Crippen LogP) is 1.21. The highest BCUT2D eigenvalue weighted by molar-refractivity contribution is 5.95. The van der Waals surface area contributed by atoms with Crippen LogP contribution in [-0.2, 0) is 4.79 Å². The minimum Gasteiger partial charge on any atom is -0.294 e. The number of hydrogen-bond acceptors (Lipinski definition) is 2. The van der Waals surface area contributed by atoms with E-state index in [9.17, 15) is 18.4 Å². The maximum atomic E-state index is 12.4. The molecule has 0 aromatic heterocycles. The average Bonchev–Trinajstić information content (AvgIpc) is 2.19. The van der Waals surface area contributed by atoms with Gasteiger partial charge < -0.3 is 0 Å². The lowest BCUT2D eigenvalue weighted by Gasteiger charge is -2.10. The van der Waals surface area contributed by atoms with Crippen LogP contribution in [0.15, 0.2) is 30.3 Å². The van der Waals surface area contributed by atoms with Gasteiger partial charge in [0.05, 0.1) is 0 Å². The number of benzene rings is 1. The highest BCUT2D eigenvalue weighted by atomic mass is 19.3. The van der Waals surface area contributed by atoms with Gasteiger partial charge >= 0.3 is 6.05 Å². The van der Waals surface area contributed by atoms with Crippen molar-refractivity contribution in [2.75, 3.05) is 0 Å². The van der Waals surface area contributed by atoms with E-state index in [0.717, 1.165) is 0 Å².